The molecule has 1 aromatic heterocycles. The van der Waals surface area contributed by atoms with Crippen LogP contribution in [0.5, 0.6) is 0 Å². The number of fused-ring (bicyclic) bond motifs is 3. The largest absolute Gasteiger partial charge is 0.291 e. The van der Waals surface area contributed by atoms with Gasteiger partial charge in [0, 0.05) is 16.3 Å². The Bertz CT molecular complexity index is 2440. The van der Waals surface area contributed by atoms with Crippen LogP contribution in [0.25, 0.3) is 71.9 Å². The summed E-state index contributed by atoms with van der Waals surface area (Å²) in [6, 6.07) is 40.8. The van der Waals surface area contributed by atoms with Crippen molar-refractivity contribution in [1.29, 1.82) is 0 Å². The van der Waals surface area contributed by atoms with Crippen LogP contribution in [0.4, 0.5) is 0 Å². The van der Waals surface area contributed by atoms with Gasteiger partial charge in [0.2, 0.25) is 0 Å². The molecule has 0 saturated heterocycles. The summed E-state index contributed by atoms with van der Waals surface area (Å²) in [5.41, 5.74) is 6.44. The van der Waals surface area contributed by atoms with Crippen molar-refractivity contribution >= 4 is 32.6 Å². The van der Waals surface area contributed by atoms with Crippen LogP contribution in [-0.2, 0) is 0 Å². The molecular formula is C39H26N2. The zero-order chi connectivity index (χ0) is 31.5. The normalized spacial score (nSPS) is 13.1. The molecule has 0 radical (unpaired) electrons. The standard InChI is InChI=1S/C39H26N2/c1-4-14-27(15-5-1)30-24-25-33-34(26-30)37(28-16-6-2-7-17-28)31-20-10-11-21-32(31)38(33)41-36-23-13-12-22-35(36)40-39(41)29-18-8-3-9-19-29/h1-26H/i2D,6D,7D,16D,17D. The van der Waals surface area contributed by atoms with E-state index in [0.717, 1.165) is 60.8 Å². The zero-order valence-electron chi connectivity index (χ0n) is 27.0. The van der Waals surface area contributed by atoms with Gasteiger partial charge in [0.05, 0.1) is 23.6 Å². The van der Waals surface area contributed by atoms with Gasteiger partial charge in [-0.2, -0.15) is 0 Å². The lowest BCUT2D eigenvalue weighted by molar-refractivity contribution is 1.13. The fourth-order valence-electron chi connectivity index (χ4n) is 5.88. The van der Waals surface area contributed by atoms with Gasteiger partial charge in [0.1, 0.15) is 5.82 Å². The van der Waals surface area contributed by atoms with Gasteiger partial charge < -0.3 is 0 Å². The number of para-hydroxylation sites is 2. The van der Waals surface area contributed by atoms with Gasteiger partial charge >= 0.3 is 0 Å². The highest BCUT2D eigenvalue weighted by Gasteiger charge is 2.22. The molecule has 2 nitrogen and oxygen atoms in total. The van der Waals surface area contributed by atoms with E-state index < -0.39 is 6.04 Å². The number of rotatable bonds is 4. The van der Waals surface area contributed by atoms with E-state index in [1.807, 2.05) is 91.0 Å². The predicted octanol–water partition coefficient (Wildman–Crippen LogP) is 10.3. The molecule has 2 heteroatoms. The number of hydrogen-bond acceptors (Lipinski definition) is 1. The van der Waals surface area contributed by atoms with E-state index in [2.05, 4.69) is 41.0 Å². The smallest absolute Gasteiger partial charge is 0.145 e. The Morgan fingerprint density at radius 1 is 0.488 bits per heavy atom. The van der Waals surface area contributed by atoms with E-state index in [4.69, 9.17) is 11.8 Å². The van der Waals surface area contributed by atoms with Crippen LogP contribution in [0.2, 0.25) is 0 Å². The number of nitrogens with zero attached hydrogens (tertiary/aromatic N) is 2. The fourth-order valence-corrected chi connectivity index (χ4v) is 5.88. The second-order valence-corrected chi connectivity index (χ2v) is 10.0. The summed E-state index contributed by atoms with van der Waals surface area (Å²) in [5.74, 6) is 0.788. The molecule has 7 aromatic carbocycles. The van der Waals surface area contributed by atoms with Gasteiger partial charge in [-0.3, -0.25) is 4.57 Å². The van der Waals surface area contributed by atoms with Crippen molar-refractivity contribution in [2.24, 2.45) is 0 Å². The molecule has 0 spiro atoms. The molecule has 8 aromatic rings. The fraction of sp³-hybridized carbons (Fsp3) is 0. The maximum Gasteiger partial charge on any atom is 0.145 e. The maximum absolute atomic E-state index is 9.00. The van der Waals surface area contributed by atoms with Crippen LogP contribution in [-0.4, -0.2) is 9.55 Å². The number of hydrogen-bond donors (Lipinski definition) is 0. The Kier molecular flexibility index (Phi) is 4.40. The van der Waals surface area contributed by atoms with Gasteiger partial charge in [-0.15, -0.1) is 0 Å². The van der Waals surface area contributed by atoms with E-state index in [1.165, 1.54) is 0 Å². The molecule has 192 valence electrons. The van der Waals surface area contributed by atoms with Crippen molar-refractivity contribution in [3.63, 3.8) is 0 Å². The van der Waals surface area contributed by atoms with Crippen LogP contribution < -0.4 is 0 Å². The third-order valence-corrected chi connectivity index (χ3v) is 7.67. The van der Waals surface area contributed by atoms with E-state index in [1.54, 1.807) is 0 Å². The Balaban J connectivity index is 1.61. The molecule has 0 N–H and O–H groups in total. The zero-order valence-corrected chi connectivity index (χ0v) is 22.0. The van der Waals surface area contributed by atoms with Gasteiger partial charge in [-0.1, -0.05) is 139 Å². The van der Waals surface area contributed by atoms with Crippen molar-refractivity contribution in [3.8, 4) is 39.3 Å². The molecule has 0 bridgehead atoms. The first-order chi connectivity index (χ1) is 22.4. The van der Waals surface area contributed by atoms with Gasteiger partial charge in [-0.05, 0) is 51.2 Å². The molecule has 0 aliphatic rings. The average Bonchev–Trinajstić information content (AvgIpc) is 3.49. The second-order valence-electron chi connectivity index (χ2n) is 10.0. The Hall–Kier alpha value is -5.47. The highest BCUT2D eigenvalue weighted by Crippen LogP contribution is 2.44. The molecule has 0 unspecified atom stereocenters. The van der Waals surface area contributed by atoms with Gasteiger partial charge in [0.15, 0.2) is 0 Å². The quantitative estimate of drug-likeness (QED) is 0.208. The van der Waals surface area contributed by atoms with E-state index in [9.17, 15) is 0 Å². The first kappa shape index (κ1) is 18.8. The van der Waals surface area contributed by atoms with Crippen LogP contribution in [0.3, 0.4) is 0 Å². The summed E-state index contributed by atoms with van der Waals surface area (Å²) in [4.78, 5) is 5.11. The molecule has 0 fully saturated rings. The molecular weight excluding hydrogens is 496 g/mol. The number of aromatic nitrogens is 2. The maximum atomic E-state index is 9.00. The molecule has 0 aliphatic heterocycles. The Morgan fingerprint density at radius 2 is 1.12 bits per heavy atom. The summed E-state index contributed by atoms with van der Waals surface area (Å²) in [7, 11) is 0. The lowest BCUT2D eigenvalue weighted by atomic mass is 9.88. The molecule has 0 saturated carbocycles. The first-order valence-corrected chi connectivity index (χ1v) is 13.6. The Morgan fingerprint density at radius 3 is 1.90 bits per heavy atom. The highest BCUT2D eigenvalue weighted by molar-refractivity contribution is 6.19. The van der Waals surface area contributed by atoms with E-state index >= 15 is 0 Å². The van der Waals surface area contributed by atoms with Crippen LogP contribution >= 0.6 is 0 Å². The lowest BCUT2D eigenvalue weighted by Gasteiger charge is -2.20. The summed E-state index contributed by atoms with van der Waals surface area (Å²) in [6.07, 6.45) is 0. The third-order valence-electron chi connectivity index (χ3n) is 7.67. The van der Waals surface area contributed by atoms with E-state index in [-0.39, 0.29) is 29.7 Å². The summed E-state index contributed by atoms with van der Waals surface area (Å²) >= 11 is 0. The molecule has 0 amide bonds. The minimum atomic E-state index is -0.411. The second kappa shape index (κ2) is 9.62. The summed E-state index contributed by atoms with van der Waals surface area (Å²) < 4.78 is 45.5. The minimum absolute atomic E-state index is 0.183. The Labute approximate surface area is 245 Å². The molecule has 0 aliphatic carbocycles. The van der Waals surface area contributed by atoms with Crippen molar-refractivity contribution in [3.05, 3.63) is 158 Å². The van der Waals surface area contributed by atoms with Crippen LogP contribution in [0.15, 0.2) is 158 Å². The summed E-state index contributed by atoms with van der Waals surface area (Å²) in [6.45, 7) is 0. The van der Waals surface area contributed by atoms with E-state index in [0.29, 0.717) is 5.56 Å². The SMILES string of the molecule is [2H]c1c([2H])c([2H])c(-c2c3ccccc3c(-n3c(-c4ccccc4)nc4ccccc43)c3ccc(-c4ccccc4)cc23)c([2H])c1[2H]. The highest BCUT2D eigenvalue weighted by atomic mass is 15.1. The van der Waals surface area contributed by atoms with Gasteiger partial charge in [-0.25, -0.2) is 4.98 Å². The van der Waals surface area contributed by atoms with Crippen LogP contribution in [0.1, 0.15) is 6.85 Å². The molecule has 8 rings (SSSR count). The molecule has 0 atom stereocenters. The van der Waals surface area contributed by atoms with Gasteiger partial charge in [0.25, 0.3) is 0 Å². The minimum Gasteiger partial charge on any atom is -0.291 e. The van der Waals surface area contributed by atoms with Crippen molar-refractivity contribution in [1.82, 2.24) is 9.55 Å². The monoisotopic (exact) mass is 527 g/mol. The molecule has 1 heterocycles. The van der Waals surface area contributed by atoms with Crippen molar-refractivity contribution < 1.29 is 6.85 Å². The topological polar surface area (TPSA) is 17.8 Å². The molecule has 41 heavy (non-hydrogen) atoms. The van der Waals surface area contributed by atoms with Crippen molar-refractivity contribution in [2.75, 3.05) is 0 Å². The lowest BCUT2D eigenvalue weighted by Crippen LogP contribution is -2.01. The predicted molar refractivity (Wildman–Crippen MR) is 172 cm³/mol. The average molecular weight is 528 g/mol. The number of benzene rings is 7. The number of imidazole rings is 1. The third kappa shape index (κ3) is 3.84. The summed E-state index contributed by atoms with van der Waals surface area (Å²) in [5, 5.41) is 3.32. The van der Waals surface area contributed by atoms with Crippen molar-refractivity contribution in [2.45, 2.75) is 0 Å². The first-order valence-electron chi connectivity index (χ1n) is 16.1. The van der Waals surface area contributed by atoms with Crippen LogP contribution in [0, 0.1) is 0 Å².